The van der Waals surface area contributed by atoms with Crippen LogP contribution in [0.4, 0.5) is 0 Å². The number of carbonyl (C=O) groups excluding carboxylic acids is 2. The van der Waals surface area contributed by atoms with Gasteiger partial charge in [-0.25, -0.2) is 4.98 Å². The van der Waals surface area contributed by atoms with Gasteiger partial charge in [0.05, 0.1) is 6.42 Å². The van der Waals surface area contributed by atoms with Crippen LogP contribution in [0.3, 0.4) is 0 Å². The second-order valence-corrected chi connectivity index (χ2v) is 8.21. The number of carbonyl (C=O) groups is 2. The third-order valence-electron chi connectivity index (χ3n) is 4.58. The van der Waals surface area contributed by atoms with E-state index in [2.05, 4.69) is 25.8 Å². The maximum atomic E-state index is 12.6. The molecule has 1 aliphatic heterocycles. The number of aryl methyl sites for hydroxylation is 1. The van der Waals surface area contributed by atoms with Crippen LogP contribution in [0.15, 0.2) is 22.6 Å². The molecule has 0 saturated carbocycles. The molecule has 1 aliphatic rings. The minimum atomic E-state index is -0.0118. The van der Waals surface area contributed by atoms with Crippen molar-refractivity contribution >= 4 is 22.9 Å². The van der Waals surface area contributed by atoms with Gasteiger partial charge in [0.15, 0.2) is 11.5 Å². The van der Waals surface area contributed by atoms with Gasteiger partial charge in [0.25, 0.3) is 0 Å². The Morgan fingerprint density at radius 2 is 1.69 bits per heavy atom. The van der Waals surface area contributed by atoms with Crippen LogP contribution in [0.2, 0.25) is 0 Å². The monoisotopic (exact) mass is 357 g/mol. The molecule has 2 amide bonds. The lowest BCUT2D eigenvalue weighted by molar-refractivity contribution is -0.140. The number of hydrogen-bond donors (Lipinski definition) is 0. The number of piperazine rings is 1. The van der Waals surface area contributed by atoms with E-state index in [4.69, 9.17) is 4.42 Å². The van der Waals surface area contributed by atoms with E-state index in [-0.39, 0.29) is 17.2 Å². The SMILES string of the molecule is Cc1nc2cc(CC(=O)N3CCN(C(=O)CC(C)(C)C)CC3)ccc2o1. The third kappa shape index (κ3) is 4.42. The van der Waals surface area contributed by atoms with Crippen molar-refractivity contribution in [3.05, 3.63) is 29.7 Å². The first-order valence-electron chi connectivity index (χ1n) is 9.13. The summed E-state index contributed by atoms with van der Waals surface area (Å²) < 4.78 is 5.47. The van der Waals surface area contributed by atoms with Crippen LogP contribution in [-0.4, -0.2) is 52.8 Å². The summed E-state index contributed by atoms with van der Waals surface area (Å²) in [6.07, 6.45) is 0.885. The van der Waals surface area contributed by atoms with Crippen molar-refractivity contribution in [1.82, 2.24) is 14.8 Å². The van der Waals surface area contributed by atoms with Gasteiger partial charge in [-0.3, -0.25) is 9.59 Å². The molecule has 26 heavy (non-hydrogen) atoms. The average molecular weight is 357 g/mol. The number of aromatic nitrogens is 1. The Balaban J connectivity index is 1.55. The third-order valence-corrected chi connectivity index (χ3v) is 4.58. The largest absolute Gasteiger partial charge is 0.441 e. The highest BCUT2D eigenvalue weighted by Gasteiger charge is 2.26. The van der Waals surface area contributed by atoms with Gasteiger partial charge in [-0.1, -0.05) is 26.8 Å². The van der Waals surface area contributed by atoms with Crippen LogP contribution in [0, 0.1) is 12.3 Å². The molecule has 1 aromatic carbocycles. The summed E-state index contributed by atoms with van der Waals surface area (Å²) in [4.78, 5) is 32.9. The summed E-state index contributed by atoms with van der Waals surface area (Å²) in [6.45, 7) is 10.4. The van der Waals surface area contributed by atoms with Crippen LogP contribution in [0.25, 0.3) is 11.1 Å². The van der Waals surface area contributed by atoms with Crippen molar-refractivity contribution in [3.63, 3.8) is 0 Å². The summed E-state index contributed by atoms with van der Waals surface area (Å²) >= 11 is 0. The van der Waals surface area contributed by atoms with Crippen molar-refractivity contribution in [1.29, 1.82) is 0 Å². The molecule has 0 radical (unpaired) electrons. The van der Waals surface area contributed by atoms with E-state index in [0.29, 0.717) is 44.9 Å². The smallest absolute Gasteiger partial charge is 0.227 e. The predicted octanol–water partition coefficient (Wildman–Crippen LogP) is 2.79. The van der Waals surface area contributed by atoms with Crippen LogP contribution < -0.4 is 0 Å². The van der Waals surface area contributed by atoms with Crippen LogP contribution in [-0.2, 0) is 16.0 Å². The van der Waals surface area contributed by atoms with Crippen LogP contribution in [0.1, 0.15) is 38.6 Å². The molecule has 1 aromatic heterocycles. The molecular formula is C20H27N3O3. The molecule has 6 nitrogen and oxygen atoms in total. The van der Waals surface area contributed by atoms with E-state index in [1.807, 2.05) is 34.9 Å². The Hall–Kier alpha value is -2.37. The fraction of sp³-hybridized carbons (Fsp3) is 0.550. The van der Waals surface area contributed by atoms with Crippen molar-refractivity contribution in [2.24, 2.45) is 5.41 Å². The molecule has 3 rings (SSSR count). The zero-order valence-electron chi connectivity index (χ0n) is 16.0. The molecular weight excluding hydrogens is 330 g/mol. The zero-order valence-corrected chi connectivity index (χ0v) is 16.0. The maximum Gasteiger partial charge on any atom is 0.227 e. The lowest BCUT2D eigenvalue weighted by Gasteiger charge is -2.36. The number of nitrogens with zero attached hydrogens (tertiary/aromatic N) is 3. The summed E-state index contributed by atoms with van der Waals surface area (Å²) in [6, 6.07) is 5.68. The van der Waals surface area contributed by atoms with E-state index in [1.54, 1.807) is 0 Å². The molecule has 0 unspecified atom stereocenters. The lowest BCUT2D eigenvalue weighted by atomic mass is 9.91. The zero-order chi connectivity index (χ0) is 18.9. The molecule has 140 valence electrons. The van der Waals surface area contributed by atoms with Gasteiger partial charge < -0.3 is 14.2 Å². The van der Waals surface area contributed by atoms with Crippen molar-refractivity contribution < 1.29 is 14.0 Å². The van der Waals surface area contributed by atoms with Gasteiger partial charge in [0.2, 0.25) is 11.8 Å². The second-order valence-electron chi connectivity index (χ2n) is 8.21. The number of hydrogen-bond acceptors (Lipinski definition) is 4. The van der Waals surface area contributed by atoms with Crippen molar-refractivity contribution in [2.45, 2.75) is 40.5 Å². The van der Waals surface area contributed by atoms with Crippen LogP contribution >= 0.6 is 0 Å². The first kappa shape index (κ1) is 18.4. The van der Waals surface area contributed by atoms with Gasteiger partial charge in [0, 0.05) is 39.5 Å². The highest BCUT2D eigenvalue weighted by atomic mass is 16.3. The minimum Gasteiger partial charge on any atom is -0.441 e. The highest BCUT2D eigenvalue weighted by Crippen LogP contribution is 2.21. The van der Waals surface area contributed by atoms with Gasteiger partial charge in [-0.15, -0.1) is 0 Å². The Bertz CT molecular complexity index is 811. The lowest BCUT2D eigenvalue weighted by Crippen LogP contribution is -2.51. The van der Waals surface area contributed by atoms with Crippen LogP contribution in [0.5, 0.6) is 0 Å². The molecule has 2 heterocycles. The molecule has 0 N–H and O–H groups in total. The first-order chi connectivity index (χ1) is 12.2. The quantitative estimate of drug-likeness (QED) is 0.847. The normalized spacial score (nSPS) is 15.5. The van der Waals surface area contributed by atoms with Crippen molar-refractivity contribution in [3.8, 4) is 0 Å². The molecule has 0 atom stereocenters. The number of oxazole rings is 1. The summed E-state index contributed by atoms with van der Waals surface area (Å²) in [5, 5.41) is 0. The summed E-state index contributed by atoms with van der Waals surface area (Å²) in [5.74, 6) is 0.892. The predicted molar refractivity (Wildman–Crippen MR) is 99.7 cm³/mol. The number of benzene rings is 1. The van der Waals surface area contributed by atoms with Gasteiger partial charge in [-0.05, 0) is 23.1 Å². The van der Waals surface area contributed by atoms with Gasteiger partial charge in [-0.2, -0.15) is 0 Å². The number of rotatable bonds is 3. The highest BCUT2D eigenvalue weighted by molar-refractivity contribution is 5.82. The second kappa shape index (κ2) is 7.09. The maximum absolute atomic E-state index is 12.6. The molecule has 1 fully saturated rings. The Labute approximate surface area is 154 Å². The Kier molecular flexibility index (Phi) is 5.03. The van der Waals surface area contributed by atoms with Crippen molar-refractivity contribution in [2.75, 3.05) is 26.2 Å². The fourth-order valence-corrected chi connectivity index (χ4v) is 3.26. The molecule has 1 saturated heterocycles. The fourth-order valence-electron chi connectivity index (χ4n) is 3.26. The standard InChI is InChI=1S/C20H27N3O3/c1-14-21-16-11-15(5-6-17(16)26-14)12-18(24)22-7-9-23(10-8-22)19(25)13-20(2,3)4/h5-6,11H,7-10,12-13H2,1-4H3. The topological polar surface area (TPSA) is 66.7 Å². The van der Waals surface area contributed by atoms with E-state index >= 15 is 0 Å². The molecule has 2 aromatic rings. The Morgan fingerprint density at radius 1 is 1.08 bits per heavy atom. The summed E-state index contributed by atoms with van der Waals surface area (Å²) in [5.41, 5.74) is 2.44. The summed E-state index contributed by atoms with van der Waals surface area (Å²) in [7, 11) is 0. The molecule has 6 heteroatoms. The van der Waals surface area contributed by atoms with E-state index < -0.39 is 0 Å². The molecule has 0 aliphatic carbocycles. The number of amides is 2. The van der Waals surface area contributed by atoms with E-state index in [1.165, 1.54) is 0 Å². The van der Waals surface area contributed by atoms with E-state index in [9.17, 15) is 9.59 Å². The first-order valence-corrected chi connectivity index (χ1v) is 9.13. The van der Waals surface area contributed by atoms with Gasteiger partial charge in [0.1, 0.15) is 5.52 Å². The number of fused-ring (bicyclic) bond motifs is 1. The minimum absolute atomic E-state index is 0.0118. The van der Waals surface area contributed by atoms with Gasteiger partial charge >= 0.3 is 0 Å². The Morgan fingerprint density at radius 3 is 2.31 bits per heavy atom. The molecule has 0 bridgehead atoms. The average Bonchev–Trinajstić information content (AvgIpc) is 2.92. The van der Waals surface area contributed by atoms with E-state index in [0.717, 1.165) is 16.7 Å². The molecule has 0 spiro atoms.